The summed E-state index contributed by atoms with van der Waals surface area (Å²) in [6.45, 7) is 8.13. The summed E-state index contributed by atoms with van der Waals surface area (Å²) in [6.07, 6.45) is 4.03. The van der Waals surface area contributed by atoms with Crippen LogP contribution in [0.2, 0.25) is 0 Å². The van der Waals surface area contributed by atoms with E-state index in [0.29, 0.717) is 17.2 Å². The zero-order valence-corrected chi connectivity index (χ0v) is 14.9. The number of aryl methyl sites for hydroxylation is 1. The van der Waals surface area contributed by atoms with Crippen LogP contribution < -0.4 is 5.32 Å². The van der Waals surface area contributed by atoms with Gasteiger partial charge in [-0.25, -0.2) is 4.79 Å². The van der Waals surface area contributed by atoms with Gasteiger partial charge in [0.2, 0.25) is 5.91 Å². The molecule has 0 radical (unpaired) electrons. The Morgan fingerprint density at radius 2 is 1.74 bits per heavy atom. The Labute approximate surface area is 139 Å². The van der Waals surface area contributed by atoms with Crippen LogP contribution in [0.15, 0.2) is 18.2 Å². The Kier molecular flexibility index (Phi) is 7.79. The molecule has 4 heteroatoms. The number of hydrogen-bond acceptors (Lipinski definition) is 3. The zero-order valence-electron chi connectivity index (χ0n) is 14.9. The second-order valence-corrected chi connectivity index (χ2v) is 5.99. The molecule has 128 valence electrons. The lowest BCUT2D eigenvalue weighted by molar-refractivity contribution is -0.121. The second kappa shape index (κ2) is 9.33. The molecule has 1 aromatic rings. The monoisotopic (exact) mass is 319 g/mol. The summed E-state index contributed by atoms with van der Waals surface area (Å²) < 4.78 is 4.78. The molecule has 0 bridgehead atoms. The molecule has 4 nitrogen and oxygen atoms in total. The van der Waals surface area contributed by atoms with Crippen molar-refractivity contribution in [1.29, 1.82) is 0 Å². The number of amides is 1. The van der Waals surface area contributed by atoms with Crippen LogP contribution in [0, 0.1) is 18.8 Å². The van der Waals surface area contributed by atoms with Gasteiger partial charge < -0.3 is 10.1 Å². The molecule has 0 spiro atoms. The highest BCUT2D eigenvalue weighted by molar-refractivity contribution is 6.02. The first-order valence-corrected chi connectivity index (χ1v) is 8.51. The van der Waals surface area contributed by atoms with E-state index in [9.17, 15) is 9.59 Å². The van der Waals surface area contributed by atoms with Gasteiger partial charge in [0, 0.05) is 5.92 Å². The number of carbonyl (C=O) groups excluding carboxylic acids is 2. The fourth-order valence-corrected chi connectivity index (χ4v) is 2.80. The van der Waals surface area contributed by atoms with E-state index in [1.54, 1.807) is 12.1 Å². The molecule has 0 unspecified atom stereocenters. The molecular weight excluding hydrogens is 290 g/mol. The SMILES string of the molecule is CC.COC(=O)c1cc(C)ccc1NC(=O)C1CCC(C)CC1. The summed E-state index contributed by atoms with van der Waals surface area (Å²) in [5.41, 5.74) is 1.91. The van der Waals surface area contributed by atoms with Crippen molar-refractivity contribution in [2.24, 2.45) is 11.8 Å². The number of ether oxygens (including phenoxy) is 1. The molecule has 0 saturated heterocycles. The Hall–Kier alpha value is -1.84. The van der Waals surface area contributed by atoms with Gasteiger partial charge in [0.15, 0.2) is 0 Å². The Balaban J connectivity index is 0.00000127. The first-order chi connectivity index (χ1) is 11.0. The molecule has 2 rings (SSSR count). The van der Waals surface area contributed by atoms with Crippen LogP contribution in [0.5, 0.6) is 0 Å². The molecule has 0 aromatic heterocycles. The molecule has 1 aromatic carbocycles. The summed E-state index contributed by atoms with van der Waals surface area (Å²) in [5, 5.41) is 2.90. The molecule has 23 heavy (non-hydrogen) atoms. The molecule has 0 heterocycles. The van der Waals surface area contributed by atoms with Crippen molar-refractivity contribution in [3.8, 4) is 0 Å². The summed E-state index contributed by atoms with van der Waals surface area (Å²) in [4.78, 5) is 24.2. The summed E-state index contributed by atoms with van der Waals surface area (Å²) in [7, 11) is 1.35. The van der Waals surface area contributed by atoms with E-state index < -0.39 is 5.97 Å². The van der Waals surface area contributed by atoms with Crippen LogP contribution in [0.3, 0.4) is 0 Å². The third-order valence-corrected chi connectivity index (χ3v) is 4.22. The van der Waals surface area contributed by atoms with Crippen molar-refractivity contribution >= 4 is 17.6 Å². The molecule has 1 amide bonds. The van der Waals surface area contributed by atoms with E-state index in [-0.39, 0.29) is 11.8 Å². The van der Waals surface area contributed by atoms with Gasteiger partial charge in [-0.1, -0.05) is 32.4 Å². The minimum Gasteiger partial charge on any atom is -0.465 e. The third-order valence-electron chi connectivity index (χ3n) is 4.22. The van der Waals surface area contributed by atoms with Crippen molar-refractivity contribution in [3.05, 3.63) is 29.3 Å². The number of hydrogen-bond donors (Lipinski definition) is 1. The number of benzene rings is 1. The van der Waals surface area contributed by atoms with Crippen molar-refractivity contribution < 1.29 is 14.3 Å². The van der Waals surface area contributed by atoms with E-state index in [1.165, 1.54) is 7.11 Å². The summed E-state index contributed by atoms with van der Waals surface area (Å²) >= 11 is 0. The fraction of sp³-hybridized carbons (Fsp3) is 0.579. The Bertz CT molecular complexity index is 531. The predicted molar refractivity (Wildman–Crippen MR) is 93.6 cm³/mol. The molecular formula is C19H29NO3. The molecule has 1 saturated carbocycles. The largest absolute Gasteiger partial charge is 0.465 e. The van der Waals surface area contributed by atoms with Crippen molar-refractivity contribution in [2.75, 3.05) is 12.4 Å². The molecule has 1 N–H and O–H groups in total. The van der Waals surface area contributed by atoms with E-state index in [2.05, 4.69) is 12.2 Å². The van der Waals surface area contributed by atoms with E-state index in [0.717, 1.165) is 31.2 Å². The van der Waals surface area contributed by atoms with Gasteiger partial charge in [0.25, 0.3) is 0 Å². The first-order valence-electron chi connectivity index (χ1n) is 8.51. The maximum absolute atomic E-state index is 12.4. The van der Waals surface area contributed by atoms with Gasteiger partial charge in [0.05, 0.1) is 18.4 Å². The molecule has 0 aliphatic heterocycles. The summed E-state index contributed by atoms with van der Waals surface area (Å²) in [6, 6.07) is 5.39. The number of esters is 1. The zero-order chi connectivity index (χ0) is 17.4. The van der Waals surface area contributed by atoms with Gasteiger partial charge >= 0.3 is 5.97 Å². The van der Waals surface area contributed by atoms with Gasteiger partial charge in [-0.15, -0.1) is 0 Å². The van der Waals surface area contributed by atoms with Crippen LogP contribution in [0.1, 0.15) is 62.4 Å². The maximum Gasteiger partial charge on any atom is 0.339 e. The van der Waals surface area contributed by atoms with E-state index in [1.807, 2.05) is 26.8 Å². The fourth-order valence-electron chi connectivity index (χ4n) is 2.80. The lowest BCUT2D eigenvalue weighted by atomic mass is 9.82. The normalized spacial score (nSPS) is 20.0. The standard InChI is InChI=1S/C17H23NO3.C2H6/c1-11-4-7-13(8-5-11)16(19)18-15-9-6-12(2)10-14(15)17(20)21-3;1-2/h6,9-11,13H,4-5,7-8H2,1-3H3,(H,18,19);1-2H3. The highest BCUT2D eigenvalue weighted by atomic mass is 16.5. The molecule has 1 aliphatic rings. The van der Waals surface area contributed by atoms with E-state index >= 15 is 0 Å². The number of nitrogens with one attached hydrogen (secondary N) is 1. The van der Waals surface area contributed by atoms with E-state index in [4.69, 9.17) is 4.74 Å². The molecule has 0 atom stereocenters. The highest BCUT2D eigenvalue weighted by Gasteiger charge is 2.25. The molecule has 1 fully saturated rings. The van der Waals surface area contributed by atoms with Crippen LogP contribution >= 0.6 is 0 Å². The topological polar surface area (TPSA) is 55.4 Å². The Morgan fingerprint density at radius 1 is 1.13 bits per heavy atom. The number of methoxy groups -OCH3 is 1. The molecule has 1 aliphatic carbocycles. The lowest BCUT2D eigenvalue weighted by Gasteiger charge is -2.25. The summed E-state index contributed by atoms with van der Waals surface area (Å²) in [5.74, 6) is 0.342. The lowest BCUT2D eigenvalue weighted by Crippen LogP contribution is -2.27. The van der Waals surface area contributed by atoms with Crippen molar-refractivity contribution in [3.63, 3.8) is 0 Å². The van der Waals surface area contributed by atoms with Crippen LogP contribution in [-0.4, -0.2) is 19.0 Å². The number of carbonyl (C=O) groups is 2. The van der Waals surface area contributed by atoms with Crippen molar-refractivity contribution in [2.45, 2.75) is 53.4 Å². The van der Waals surface area contributed by atoms with Crippen molar-refractivity contribution in [1.82, 2.24) is 0 Å². The van der Waals surface area contributed by atoms with Gasteiger partial charge in [0.1, 0.15) is 0 Å². The van der Waals surface area contributed by atoms with Crippen LogP contribution in [0.4, 0.5) is 5.69 Å². The third kappa shape index (κ3) is 5.38. The van der Waals surface area contributed by atoms with Gasteiger partial charge in [-0.2, -0.15) is 0 Å². The smallest absolute Gasteiger partial charge is 0.339 e. The quantitative estimate of drug-likeness (QED) is 0.830. The predicted octanol–water partition coefficient (Wildman–Crippen LogP) is 4.57. The number of rotatable bonds is 3. The minimum atomic E-state index is -0.425. The van der Waals surface area contributed by atoms with Crippen LogP contribution in [-0.2, 0) is 9.53 Å². The average molecular weight is 319 g/mol. The van der Waals surface area contributed by atoms with Crippen LogP contribution in [0.25, 0.3) is 0 Å². The first kappa shape index (κ1) is 19.2. The number of anilines is 1. The highest BCUT2D eigenvalue weighted by Crippen LogP contribution is 2.29. The van der Waals surface area contributed by atoms with Gasteiger partial charge in [-0.05, 0) is 50.7 Å². The maximum atomic E-state index is 12.4. The minimum absolute atomic E-state index is 0.0101. The average Bonchev–Trinajstić information content (AvgIpc) is 2.58. The van der Waals surface area contributed by atoms with Gasteiger partial charge in [-0.3, -0.25) is 4.79 Å². The second-order valence-electron chi connectivity index (χ2n) is 5.99. The Morgan fingerprint density at radius 3 is 2.30 bits per heavy atom.